The van der Waals surface area contributed by atoms with Crippen LogP contribution in [0, 0.1) is 11.8 Å². The van der Waals surface area contributed by atoms with Crippen LogP contribution < -0.4 is 0 Å². The van der Waals surface area contributed by atoms with Crippen LogP contribution in [-0.4, -0.2) is 19.3 Å². The van der Waals surface area contributed by atoms with Crippen molar-refractivity contribution in [1.29, 1.82) is 0 Å². The Kier molecular flexibility index (Phi) is 2.20. The van der Waals surface area contributed by atoms with Crippen LogP contribution in [0.2, 0.25) is 0 Å². The predicted octanol–water partition coefficient (Wildman–Crippen LogP) is 2.64. The number of alkyl halides is 3. The fourth-order valence-corrected chi connectivity index (χ4v) is 4.52. The highest BCUT2D eigenvalue weighted by Crippen LogP contribution is 2.68. The standard InChI is InChI=1S/C7H9Br3O/c8-4-2-1-3-5(6(4)11)7(3,9)10/h3-6,11H,1-2H2/t3-,4-,5-,6+/m0/s1. The summed E-state index contributed by atoms with van der Waals surface area (Å²) in [4.78, 5) is 0.292. The summed E-state index contributed by atoms with van der Waals surface area (Å²) in [5.74, 6) is 1.03. The normalized spacial score (nSPS) is 53.5. The summed E-state index contributed by atoms with van der Waals surface area (Å²) in [6, 6.07) is 0. The summed E-state index contributed by atoms with van der Waals surface area (Å²) in [5, 5.41) is 9.72. The molecule has 2 aliphatic rings. The molecule has 11 heavy (non-hydrogen) atoms. The molecule has 0 aromatic carbocycles. The fourth-order valence-electron chi connectivity index (χ4n) is 1.99. The Morgan fingerprint density at radius 1 is 1.27 bits per heavy atom. The second-order valence-corrected chi connectivity index (χ2v) is 8.26. The van der Waals surface area contributed by atoms with E-state index in [2.05, 4.69) is 47.8 Å². The lowest BCUT2D eigenvalue weighted by Crippen LogP contribution is -2.27. The average Bonchev–Trinajstić information content (AvgIpc) is 2.46. The van der Waals surface area contributed by atoms with Gasteiger partial charge >= 0.3 is 0 Å². The second-order valence-electron chi connectivity index (χ2n) is 3.39. The molecule has 2 aliphatic carbocycles. The van der Waals surface area contributed by atoms with Crippen LogP contribution in [0.3, 0.4) is 0 Å². The minimum absolute atomic E-state index is 0.0436. The van der Waals surface area contributed by atoms with Crippen molar-refractivity contribution in [3.8, 4) is 0 Å². The minimum atomic E-state index is -0.188. The van der Waals surface area contributed by atoms with E-state index in [9.17, 15) is 5.11 Å². The third kappa shape index (κ3) is 1.25. The van der Waals surface area contributed by atoms with Crippen molar-refractivity contribution in [3.63, 3.8) is 0 Å². The number of rotatable bonds is 0. The first-order valence-corrected chi connectivity index (χ1v) is 6.25. The first-order valence-electron chi connectivity index (χ1n) is 3.75. The molecule has 0 saturated heterocycles. The van der Waals surface area contributed by atoms with Gasteiger partial charge in [-0.2, -0.15) is 0 Å². The number of hydrogen-bond donors (Lipinski definition) is 1. The molecule has 1 N–H and O–H groups in total. The molecule has 0 amide bonds. The summed E-state index contributed by atoms with van der Waals surface area (Å²) >= 11 is 10.6. The summed E-state index contributed by atoms with van der Waals surface area (Å²) in [6.45, 7) is 0. The molecule has 2 saturated carbocycles. The molecule has 0 spiro atoms. The van der Waals surface area contributed by atoms with Gasteiger partial charge in [0.15, 0.2) is 0 Å². The van der Waals surface area contributed by atoms with Crippen LogP contribution >= 0.6 is 47.8 Å². The van der Waals surface area contributed by atoms with Gasteiger partial charge in [-0.3, -0.25) is 0 Å². The molecule has 4 atom stereocenters. The maximum Gasteiger partial charge on any atom is 0.0894 e. The molecule has 2 fully saturated rings. The van der Waals surface area contributed by atoms with E-state index in [1.807, 2.05) is 0 Å². The van der Waals surface area contributed by atoms with E-state index < -0.39 is 0 Å². The van der Waals surface area contributed by atoms with E-state index in [-0.39, 0.29) is 9.34 Å². The van der Waals surface area contributed by atoms with Crippen LogP contribution in [0.1, 0.15) is 12.8 Å². The Labute approximate surface area is 91.3 Å². The quantitative estimate of drug-likeness (QED) is 0.667. The fraction of sp³-hybridized carbons (Fsp3) is 1.00. The van der Waals surface area contributed by atoms with Gasteiger partial charge in [0.05, 0.1) is 9.34 Å². The number of aliphatic hydroxyl groups excluding tert-OH is 1. The Balaban J connectivity index is 2.12. The number of halogens is 3. The Hall–Kier alpha value is 1.40. The lowest BCUT2D eigenvalue weighted by atomic mass is 9.98. The molecule has 0 radical (unpaired) electrons. The van der Waals surface area contributed by atoms with Crippen molar-refractivity contribution < 1.29 is 5.11 Å². The summed E-state index contributed by atoms with van der Waals surface area (Å²) in [6.07, 6.45) is 2.10. The van der Waals surface area contributed by atoms with Crippen LogP contribution in [0.4, 0.5) is 0 Å². The van der Waals surface area contributed by atoms with Gasteiger partial charge in [-0.25, -0.2) is 0 Å². The van der Waals surface area contributed by atoms with Gasteiger partial charge in [-0.05, 0) is 18.8 Å². The number of fused-ring (bicyclic) bond motifs is 1. The Morgan fingerprint density at radius 2 is 1.91 bits per heavy atom. The summed E-state index contributed by atoms with van der Waals surface area (Å²) in [7, 11) is 0. The molecule has 1 nitrogen and oxygen atoms in total. The molecular weight excluding hydrogens is 340 g/mol. The van der Waals surface area contributed by atoms with Crippen LogP contribution in [-0.2, 0) is 0 Å². The van der Waals surface area contributed by atoms with Crippen LogP contribution in [0.25, 0.3) is 0 Å². The second kappa shape index (κ2) is 2.69. The van der Waals surface area contributed by atoms with E-state index >= 15 is 0 Å². The zero-order chi connectivity index (χ0) is 8.22. The lowest BCUT2D eigenvalue weighted by molar-refractivity contribution is 0.124. The van der Waals surface area contributed by atoms with Gasteiger partial charge in [0.2, 0.25) is 0 Å². The van der Waals surface area contributed by atoms with Crippen LogP contribution in [0.15, 0.2) is 0 Å². The van der Waals surface area contributed by atoms with Gasteiger partial charge in [-0.15, -0.1) is 0 Å². The van der Waals surface area contributed by atoms with E-state index in [4.69, 9.17) is 0 Å². The molecule has 0 heterocycles. The Bertz CT molecular complexity index is 183. The van der Waals surface area contributed by atoms with Gasteiger partial charge in [-0.1, -0.05) is 47.8 Å². The topological polar surface area (TPSA) is 20.2 Å². The van der Waals surface area contributed by atoms with E-state index in [0.29, 0.717) is 16.7 Å². The molecule has 0 aliphatic heterocycles. The highest BCUT2D eigenvalue weighted by Gasteiger charge is 2.66. The van der Waals surface area contributed by atoms with Crippen molar-refractivity contribution in [1.82, 2.24) is 0 Å². The molecule has 0 aromatic heterocycles. The largest absolute Gasteiger partial charge is 0.392 e. The van der Waals surface area contributed by atoms with E-state index in [0.717, 1.165) is 6.42 Å². The van der Waals surface area contributed by atoms with Crippen molar-refractivity contribution in [2.45, 2.75) is 27.0 Å². The monoisotopic (exact) mass is 346 g/mol. The SMILES string of the molecule is O[C@H]1[C@@H]2[C@H](CC[C@@H]1Br)C2(Br)Br. The maximum atomic E-state index is 9.72. The minimum Gasteiger partial charge on any atom is -0.392 e. The predicted molar refractivity (Wildman–Crippen MR) is 55.5 cm³/mol. The van der Waals surface area contributed by atoms with Crippen molar-refractivity contribution in [2.75, 3.05) is 0 Å². The highest BCUT2D eigenvalue weighted by molar-refractivity contribution is 9.25. The van der Waals surface area contributed by atoms with Crippen molar-refractivity contribution in [3.05, 3.63) is 0 Å². The molecule has 0 aromatic rings. The van der Waals surface area contributed by atoms with Crippen molar-refractivity contribution >= 4 is 47.8 Å². The highest BCUT2D eigenvalue weighted by atomic mass is 79.9. The number of aliphatic hydroxyl groups is 1. The van der Waals surface area contributed by atoms with Gasteiger partial charge in [0, 0.05) is 10.7 Å². The summed E-state index contributed by atoms with van der Waals surface area (Å²) in [5.41, 5.74) is 0. The van der Waals surface area contributed by atoms with Gasteiger partial charge < -0.3 is 5.11 Å². The molecule has 0 unspecified atom stereocenters. The first kappa shape index (κ1) is 8.97. The Morgan fingerprint density at radius 3 is 2.45 bits per heavy atom. The molecular formula is C7H9Br3O. The third-order valence-corrected chi connectivity index (χ3v) is 5.99. The van der Waals surface area contributed by atoms with Gasteiger partial charge in [0.1, 0.15) is 0 Å². The molecule has 4 heteroatoms. The van der Waals surface area contributed by atoms with Crippen LogP contribution in [0.5, 0.6) is 0 Å². The first-order chi connectivity index (χ1) is 5.05. The van der Waals surface area contributed by atoms with E-state index in [1.54, 1.807) is 0 Å². The third-order valence-electron chi connectivity index (χ3n) is 2.76. The maximum absolute atomic E-state index is 9.72. The summed E-state index contributed by atoms with van der Waals surface area (Å²) < 4.78 is 0.0436. The van der Waals surface area contributed by atoms with Gasteiger partial charge in [0.25, 0.3) is 0 Å². The average molecular weight is 349 g/mol. The zero-order valence-corrected chi connectivity index (χ0v) is 10.6. The zero-order valence-electron chi connectivity index (χ0n) is 5.80. The van der Waals surface area contributed by atoms with Crippen molar-refractivity contribution in [2.24, 2.45) is 11.8 Å². The van der Waals surface area contributed by atoms with E-state index in [1.165, 1.54) is 6.42 Å². The lowest BCUT2D eigenvalue weighted by Gasteiger charge is -2.21. The number of hydrogen-bond acceptors (Lipinski definition) is 1. The molecule has 0 bridgehead atoms. The molecule has 64 valence electrons. The molecule has 2 rings (SSSR count). The smallest absolute Gasteiger partial charge is 0.0894 e.